The van der Waals surface area contributed by atoms with Gasteiger partial charge < -0.3 is 10.0 Å². The van der Waals surface area contributed by atoms with Gasteiger partial charge in [0.05, 0.1) is 32.4 Å². The number of unbranched alkanes of at least 4 members (excludes halogenated alkanes) is 2. The van der Waals surface area contributed by atoms with Crippen LogP contribution in [-0.2, 0) is 0 Å². The minimum atomic E-state index is -0.747. The van der Waals surface area contributed by atoms with Crippen molar-refractivity contribution in [3.8, 4) is 11.3 Å². The van der Waals surface area contributed by atoms with Crippen molar-refractivity contribution in [1.82, 2.24) is 9.88 Å². The second kappa shape index (κ2) is 11.9. The number of pyridine rings is 1. The molecule has 3 rings (SSSR count). The molecule has 0 amide bonds. The van der Waals surface area contributed by atoms with Gasteiger partial charge in [-0.25, -0.2) is 4.98 Å². The van der Waals surface area contributed by atoms with Crippen LogP contribution >= 0.6 is 46.4 Å². The molecular weight excluding hydrogens is 486 g/mol. The predicted octanol–water partition coefficient (Wildman–Crippen LogP) is 8.45. The number of rotatable bonds is 10. The first-order valence-corrected chi connectivity index (χ1v) is 12.5. The highest BCUT2D eigenvalue weighted by Gasteiger charge is 2.21. The fourth-order valence-corrected chi connectivity index (χ4v) is 4.95. The first-order chi connectivity index (χ1) is 15.3. The number of aliphatic hydroxyl groups is 1. The number of nitrogens with zero attached hydrogens (tertiary/aromatic N) is 2. The zero-order chi connectivity index (χ0) is 23.3. The van der Waals surface area contributed by atoms with Crippen LogP contribution < -0.4 is 0 Å². The highest BCUT2D eigenvalue weighted by Crippen LogP contribution is 2.39. The van der Waals surface area contributed by atoms with E-state index in [0.29, 0.717) is 49.0 Å². The van der Waals surface area contributed by atoms with Gasteiger partial charge in [-0.2, -0.15) is 0 Å². The molecule has 0 aliphatic heterocycles. The highest BCUT2D eigenvalue weighted by atomic mass is 35.5. The van der Waals surface area contributed by atoms with E-state index in [4.69, 9.17) is 51.4 Å². The normalized spacial score (nSPS) is 12.6. The molecule has 0 saturated heterocycles. The van der Waals surface area contributed by atoms with Crippen LogP contribution in [0.15, 0.2) is 36.4 Å². The summed E-state index contributed by atoms with van der Waals surface area (Å²) >= 11 is 25.7. The van der Waals surface area contributed by atoms with E-state index in [2.05, 4.69) is 18.7 Å². The lowest BCUT2D eigenvalue weighted by atomic mass is 9.99. The summed E-state index contributed by atoms with van der Waals surface area (Å²) in [6.07, 6.45) is 3.65. The third kappa shape index (κ3) is 6.08. The van der Waals surface area contributed by atoms with Crippen molar-refractivity contribution < 1.29 is 5.11 Å². The Morgan fingerprint density at radius 1 is 0.906 bits per heavy atom. The number of hydrogen-bond acceptors (Lipinski definition) is 3. The summed E-state index contributed by atoms with van der Waals surface area (Å²) in [6, 6.07) is 10.6. The maximum atomic E-state index is 11.4. The van der Waals surface area contributed by atoms with Crippen molar-refractivity contribution >= 4 is 57.3 Å². The summed E-state index contributed by atoms with van der Waals surface area (Å²) in [7, 11) is 0. The van der Waals surface area contributed by atoms with Gasteiger partial charge in [0.2, 0.25) is 0 Å². The van der Waals surface area contributed by atoms with Crippen molar-refractivity contribution in [3.05, 3.63) is 62.1 Å². The van der Waals surface area contributed by atoms with Crippen molar-refractivity contribution in [1.29, 1.82) is 0 Å². The standard InChI is InChI=1S/C25H28Cl4N2O/c1-3-5-10-31(11-6-4-2)15-23(32)17-14-22(24-19(27)8-7-9-20(24)28)30-25-18(17)12-16(26)13-21(25)29/h7-9,12-14,23,32H,3-6,10-11,15H2,1-2H3/t23-/m0/s1. The average Bonchev–Trinajstić information content (AvgIpc) is 2.75. The minimum Gasteiger partial charge on any atom is -0.387 e. The molecule has 0 aliphatic carbocycles. The number of benzene rings is 2. The maximum Gasteiger partial charge on any atom is 0.0924 e. The van der Waals surface area contributed by atoms with Crippen LogP contribution in [0.5, 0.6) is 0 Å². The van der Waals surface area contributed by atoms with Gasteiger partial charge in [0.15, 0.2) is 0 Å². The fraction of sp³-hybridized carbons (Fsp3) is 0.400. The Morgan fingerprint density at radius 3 is 2.12 bits per heavy atom. The number of fused-ring (bicyclic) bond motifs is 1. The Labute approximate surface area is 210 Å². The molecule has 32 heavy (non-hydrogen) atoms. The summed E-state index contributed by atoms with van der Waals surface area (Å²) in [6.45, 7) is 6.75. The number of aliphatic hydroxyl groups excluding tert-OH is 1. The molecule has 0 radical (unpaired) electrons. The Bertz CT molecular complexity index is 1050. The van der Waals surface area contributed by atoms with Crippen molar-refractivity contribution in [2.75, 3.05) is 19.6 Å². The largest absolute Gasteiger partial charge is 0.387 e. The molecule has 1 atom stereocenters. The second-order valence-electron chi connectivity index (χ2n) is 8.00. The van der Waals surface area contributed by atoms with Crippen LogP contribution in [-0.4, -0.2) is 34.6 Å². The Hall–Kier alpha value is -1.07. The van der Waals surface area contributed by atoms with Gasteiger partial charge >= 0.3 is 0 Å². The van der Waals surface area contributed by atoms with E-state index in [-0.39, 0.29) is 0 Å². The number of halogens is 4. The van der Waals surface area contributed by atoms with Crippen LogP contribution in [0.1, 0.15) is 51.2 Å². The van der Waals surface area contributed by atoms with Crippen LogP contribution in [0.4, 0.5) is 0 Å². The number of aromatic nitrogens is 1. The predicted molar refractivity (Wildman–Crippen MR) is 138 cm³/mol. The molecule has 2 aromatic carbocycles. The van der Waals surface area contributed by atoms with E-state index in [1.807, 2.05) is 6.07 Å². The average molecular weight is 514 g/mol. The molecule has 3 nitrogen and oxygen atoms in total. The van der Waals surface area contributed by atoms with Gasteiger partial charge in [-0.3, -0.25) is 0 Å². The van der Waals surface area contributed by atoms with Crippen LogP contribution in [0, 0.1) is 0 Å². The minimum absolute atomic E-state index is 0.416. The molecule has 0 bridgehead atoms. The molecule has 0 aliphatic rings. The topological polar surface area (TPSA) is 36.4 Å². The second-order valence-corrected chi connectivity index (χ2v) is 9.66. The molecule has 7 heteroatoms. The first-order valence-electron chi connectivity index (χ1n) is 11.0. The maximum absolute atomic E-state index is 11.4. The zero-order valence-electron chi connectivity index (χ0n) is 18.3. The summed E-state index contributed by atoms with van der Waals surface area (Å²) in [5, 5.41) is 14.0. The Morgan fingerprint density at radius 2 is 1.53 bits per heavy atom. The summed E-state index contributed by atoms with van der Waals surface area (Å²) in [4.78, 5) is 7.06. The monoisotopic (exact) mass is 512 g/mol. The van der Waals surface area contributed by atoms with Gasteiger partial charge in [-0.15, -0.1) is 0 Å². The molecule has 3 aromatic rings. The van der Waals surface area contributed by atoms with E-state index in [0.717, 1.165) is 44.2 Å². The fourth-order valence-electron chi connectivity index (χ4n) is 3.82. The third-order valence-electron chi connectivity index (χ3n) is 5.53. The van der Waals surface area contributed by atoms with Crippen molar-refractivity contribution in [2.45, 2.75) is 45.6 Å². The molecule has 0 unspecified atom stereocenters. The van der Waals surface area contributed by atoms with E-state index < -0.39 is 6.10 Å². The van der Waals surface area contributed by atoms with Gasteiger partial charge in [-0.1, -0.05) is 79.2 Å². The molecule has 172 valence electrons. The van der Waals surface area contributed by atoms with Crippen molar-refractivity contribution in [3.63, 3.8) is 0 Å². The molecular formula is C25H28Cl4N2O. The van der Waals surface area contributed by atoms with E-state index >= 15 is 0 Å². The number of hydrogen-bond donors (Lipinski definition) is 1. The van der Waals surface area contributed by atoms with Gasteiger partial charge in [0, 0.05) is 22.5 Å². The summed E-state index contributed by atoms with van der Waals surface area (Å²) < 4.78 is 0. The van der Waals surface area contributed by atoms with Gasteiger partial charge in [-0.05, 0) is 61.8 Å². The van der Waals surface area contributed by atoms with E-state index in [1.165, 1.54) is 0 Å². The molecule has 0 spiro atoms. The SMILES string of the molecule is CCCCN(CCCC)C[C@H](O)c1cc(-c2c(Cl)cccc2Cl)nc2c(Cl)cc(Cl)cc12. The molecule has 1 heterocycles. The first kappa shape index (κ1) is 25.6. The molecule has 1 N–H and O–H groups in total. The lowest BCUT2D eigenvalue weighted by molar-refractivity contribution is 0.112. The highest BCUT2D eigenvalue weighted by molar-refractivity contribution is 6.40. The Balaban J connectivity index is 2.11. The Kier molecular flexibility index (Phi) is 9.48. The van der Waals surface area contributed by atoms with Crippen LogP contribution in [0.2, 0.25) is 20.1 Å². The quantitative estimate of drug-likeness (QED) is 0.295. The van der Waals surface area contributed by atoms with Gasteiger partial charge in [0.25, 0.3) is 0 Å². The zero-order valence-corrected chi connectivity index (χ0v) is 21.4. The van der Waals surface area contributed by atoms with E-state index in [1.54, 1.807) is 30.3 Å². The lowest BCUT2D eigenvalue weighted by Gasteiger charge is -2.26. The third-order valence-corrected chi connectivity index (χ3v) is 6.66. The molecule has 1 aromatic heterocycles. The lowest BCUT2D eigenvalue weighted by Crippen LogP contribution is -2.31. The smallest absolute Gasteiger partial charge is 0.0924 e. The summed E-state index contributed by atoms with van der Waals surface area (Å²) in [5.41, 5.74) is 2.46. The molecule has 0 fully saturated rings. The molecule has 0 saturated carbocycles. The van der Waals surface area contributed by atoms with Crippen LogP contribution in [0.3, 0.4) is 0 Å². The van der Waals surface area contributed by atoms with Gasteiger partial charge in [0.1, 0.15) is 0 Å². The van der Waals surface area contributed by atoms with Crippen LogP contribution in [0.25, 0.3) is 22.2 Å². The summed E-state index contributed by atoms with van der Waals surface area (Å²) in [5.74, 6) is 0. The van der Waals surface area contributed by atoms with Crippen molar-refractivity contribution in [2.24, 2.45) is 0 Å². The van der Waals surface area contributed by atoms with E-state index in [9.17, 15) is 5.11 Å².